The maximum absolute atomic E-state index is 12.3. The Kier molecular flexibility index (Phi) is 4.38. The summed E-state index contributed by atoms with van der Waals surface area (Å²) in [6, 6.07) is 12.1. The van der Waals surface area contributed by atoms with Gasteiger partial charge in [0.15, 0.2) is 0 Å². The first-order valence-electron chi connectivity index (χ1n) is 6.76. The number of anilines is 1. The van der Waals surface area contributed by atoms with Gasteiger partial charge in [0.2, 0.25) is 0 Å². The topological polar surface area (TPSA) is 66.4 Å². The van der Waals surface area contributed by atoms with Crippen LogP contribution in [0.1, 0.15) is 38.8 Å². The molecule has 4 heteroatoms. The van der Waals surface area contributed by atoms with Crippen molar-refractivity contribution in [3.63, 3.8) is 0 Å². The van der Waals surface area contributed by atoms with Crippen LogP contribution in [0.25, 0.3) is 0 Å². The fourth-order valence-electron chi connectivity index (χ4n) is 2.18. The molecule has 2 N–H and O–H groups in total. The van der Waals surface area contributed by atoms with Crippen LogP contribution in [0.3, 0.4) is 0 Å². The van der Waals surface area contributed by atoms with Crippen LogP contribution in [0.2, 0.25) is 0 Å². The fraction of sp³-hybridized carbons (Fsp3) is 0.176. The van der Waals surface area contributed by atoms with E-state index in [1.54, 1.807) is 25.1 Å². The first-order chi connectivity index (χ1) is 10.0. The second kappa shape index (κ2) is 6.22. The minimum absolute atomic E-state index is 0.182. The van der Waals surface area contributed by atoms with Crippen molar-refractivity contribution in [2.45, 2.75) is 20.3 Å². The summed E-state index contributed by atoms with van der Waals surface area (Å²) in [7, 11) is 0. The Morgan fingerprint density at radius 1 is 1.14 bits per heavy atom. The highest BCUT2D eigenvalue weighted by molar-refractivity contribution is 6.05. The number of nitrogens with one attached hydrogen (secondary N) is 1. The number of carboxylic acids is 1. The largest absolute Gasteiger partial charge is 0.478 e. The van der Waals surface area contributed by atoms with Gasteiger partial charge in [-0.15, -0.1) is 0 Å². The van der Waals surface area contributed by atoms with Gasteiger partial charge in [-0.3, -0.25) is 4.79 Å². The molecule has 0 saturated carbocycles. The van der Waals surface area contributed by atoms with E-state index in [4.69, 9.17) is 5.11 Å². The van der Waals surface area contributed by atoms with E-state index in [1.165, 1.54) is 6.07 Å². The van der Waals surface area contributed by atoms with Crippen LogP contribution in [0, 0.1) is 6.92 Å². The summed E-state index contributed by atoms with van der Waals surface area (Å²) in [6.45, 7) is 3.77. The monoisotopic (exact) mass is 283 g/mol. The lowest BCUT2D eigenvalue weighted by atomic mass is 10.0. The van der Waals surface area contributed by atoms with Crippen molar-refractivity contribution in [3.05, 3.63) is 64.7 Å². The molecule has 0 unspecified atom stereocenters. The summed E-state index contributed by atoms with van der Waals surface area (Å²) in [6.07, 6.45) is 0.778. The summed E-state index contributed by atoms with van der Waals surface area (Å²) in [5.41, 5.74) is 3.17. The van der Waals surface area contributed by atoms with Gasteiger partial charge in [0.1, 0.15) is 0 Å². The van der Waals surface area contributed by atoms with E-state index in [9.17, 15) is 9.59 Å². The van der Waals surface area contributed by atoms with E-state index in [2.05, 4.69) is 5.32 Å². The number of benzene rings is 2. The highest BCUT2D eigenvalue weighted by Crippen LogP contribution is 2.19. The summed E-state index contributed by atoms with van der Waals surface area (Å²) >= 11 is 0. The van der Waals surface area contributed by atoms with Crippen LogP contribution in [-0.4, -0.2) is 17.0 Å². The number of carboxylic acid groups (broad SMARTS) is 1. The molecule has 2 rings (SSSR count). The molecule has 2 aromatic rings. The second-order valence-corrected chi connectivity index (χ2v) is 4.80. The zero-order valence-electron chi connectivity index (χ0n) is 12.0. The molecule has 108 valence electrons. The number of hydrogen-bond donors (Lipinski definition) is 2. The summed E-state index contributed by atoms with van der Waals surface area (Å²) < 4.78 is 0. The standard InChI is InChI=1S/C17H17NO3/c1-3-12-6-4-5-7-14(12)16(19)18-15-9-8-13(17(20)21)10-11(15)2/h4-10H,3H2,1-2H3,(H,18,19)(H,20,21). The lowest BCUT2D eigenvalue weighted by molar-refractivity contribution is 0.0696. The van der Waals surface area contributed by atoms with E-state index in [1.807, 2.05) is 25.1 Å². The average molecular weight is 283 g/mol. The van der Waals surface area contributed by atoms with Crippen LogP contribution in [0.15, 0.2) is 42.5 Å². The molecule has 0 spiro atoms. The second-order valence-electron chi connectivity index (χ2n) is 4.80. The summed E-state index contributed by atoms with van der Waals surface area (Å²) in [5.74, 6) is -1.16. The van der Waals surface area contributed by atoms with E-state index >= 15 is 0 Å². The van der Waals surface area contributed by atoms with E-state index in [0.29, 0.717) is 11.3 Å². The lowest BCUT2D eigenvalue weighted by Gasteiger charge is -2.11. The zero-order valence-corrected chi connectivity index (χ0v) is 12.0. The maximum atomic E-state index is 12.3. The quantitative estimate of drug-likeness (QED) is 0.902. The first kappa shape index (κ1) is 14.8. The number of amides is 1. The van der Waals surface area contributed by atoms with Gasteiger partial charge < -0.3 is 10.4 Å². The van der Waals surface area contributed by atoms with Crippen molar-refractivity contribution in [3.8, 4) is 0 Å². The minimum Gasteiger partial charge on any atom is -0.478 e. The number of aryl methyl sites for hydroxylation is 2. The van der Waals surface area contributed by atoms with Gasteiger partial charge in [0.05, 0.1) is 5.56 Å². The fourth-order valence-corrected chi connectivity index (χ4v) is 2.18. The highest BCUT2D eigenvalue weighted by atomic mass is 16.4. The van der Waals surface area contributed by atoms with Gasteiger partial charge in [-0.2, -0.15) is 0 Å². The molecule has 0 aromatic heterocycles. The van der Waals surface area contributed by atoms with Crippen molar-refractivity contribution in [1.82, 2.24) is 0 Å². The van der Waals surface area contributed by atoms with Crippen LogP contribution in [-0.2, 0) is 6.42 Å². The van der Waals surface area contributed by atoms with Crippen molar-refractivity contribution in [2.75, 3.05) is 5.32 Å². The molecule has 0 fully saturated rings. The van der Waals surface area contributed by atoms with Crippen LogP contribution in [0.5, 0.6) is 0 Å². The molecule has 0 aliphatic heterocycles. The lowest BCUT2D eigenvalue weighted by Crippen LogP contribution is -2.15. The molecular formula is C17H17NO3. The predicted molar refractivity (Wildman–Crippen MR) is 81.9 cm³/mol. The Labute approximate surface area is 123 Å². The number of hydrogen-bond acceptors (Lipinski definition) is 2. The average Bonchev–Trinajstić information content (AvgIpc) is 2.48. The van der Waals surface area contributed by atoms with E-state index in [-0.39, 0.29) is 11.5 Å². The van der Waals surface area contributed by atoms with E-state index < -0.39 is 5.97 Å². The molecule has 0 heterocycles. The molecule has 0 atom stereocenters. The van der Waals surface area contributed by atoms with E-state index in [0.717, 1.165) is 17.5 Å². The molecule has 0 aliphatic carbocycles. The third kappa shape index (κ3) is 3.28. The van der Waals surface area contributed by atoms with Crippen molar-refractivity contribution < 1.29 is 14.7 Å². The third-order valence-corrected chi connectivity index (χ3v) is 3.36. The Bertz CT molecular complexity index is 692. The smallest absolute Gasteiger partial charge is 0.335 e. The van der Waals surface area contributed by atoms with Crippen LogP contribution < -0.4 is 5.32 Å². The van der Waals surface area contributed by atoms with Crippen molar-refractivity contribution in [1.29, 1.82) is 0 Å². The van der Waals surface area contributed by atoms with Gasteiger partial charge in [0, 0.05) is 11.3 Å². The minimum atomic E-state index is -0.979. The Morgan fingerprint density at radius 3 is 2.48 bits per heavy atom. The number of carbonyl (C=O) groups excluding carboxylic acids is 1. The Hall–Kier alpha value is -2.62. The molecular weight excluding hydrogens is 266 g/mol. The van der Waals surface area contributed by atoms with Crippen LogP contribution in [0.4, 0.5) is 5.69 Å². The molecule has 2 aromatic carbocycles. The molecule has 0 bridgehead atoms. The van der Waals surface area contributed by atoms with Gasteiger partial charge in [-0.05, 0) is 48.7 Å². The molecule has 1 amide bonds. The SMILES string of the molecule is CCc1ccccc1C(=O)Nc1ccc(C(=O)O)cc1C. The molecule has 21 heavy (non-hydrogen) atoms. The maximum Gasteiger partial charge on any atom is 0.335 e. The third-order valence-electron chi connectivity index (χ3n) is 3.36. The van der Waals surface area contributed by atoms with Gasteiger partial charge in [0.25, 0.3) is 5.91 Å². The number of carbonyl (C=O) groups is 2. The summed E-state index contributed by atoms with van der Waals surface area (Å²) in [5, 5.41) is 11.8. The van der Waals surface area contributed by atoms with Crippen molar-refractivity contribution in [2.24, 2.45) is 0 Å². The molecule has 0 saturated heterocycles. The zero-order chi connectivity index (χ0) is 15.4. The predicted octanol–water partition coefficient (Wildman–Crippen LogP) is 3.51. The molecule has 4 nitrogen and oxygen atoms in total. The normalized spacial score (nSPS) is 10.2. The number of aromatic carboxylic acids is 1. The Balaban J connectivity index is 2.26. The summed E-state index contributed by atoms with van der Waals surface area (Å²) in [4.78, 5) is 23.2. The first-order valence-corrected chi connectivity index (χ1v) is 6.76. The number of rotatable bonds is 4. The highest BCUT2D eigenvalue weighted by Gasteiger charge is 2.12. The van der Waals surface area contributed by atoms with Crippen molar-refractivity contribution >= 4 is 17.6 Å². The van der Waals surface area contributed by atoms with Gasteiger partial charge in [-0.1, -0.05) is 25.1 Å². The van der Waals surface area contributed by atoms with Crippen LogP contribution >= 0.6 is 0 Å². The Morgan fingerprint density at radius 2 is 1.86 bits per heavy atom. The van der Waals surface area contributed by atoms with Gasteiger partial charge >= 0.3 is 5.97 Å². The molecule has 0 aliphatic rings. The molecule has 0 radical (unpaired) electrons. The van der Waals surface area contributed by atoms with Gasteiger partial charge in [-0.25, -0.2) is 4.79 Å².